The molecule has 0 radical (unpaired) electrons. The summed E-state index contributed by atoms with van der Waals surface area (Å²) in [6, 6.07) is 0.776. The predicted molar refractivity (Wildman–Crippen MR) is 73.7 cm³/mol. The zero-order valence-electron chi connectivity index (χ0n) is 12.0. The average Bonchev–Trinajstić information content (AvgIpc) is 2.45. The lowest BCUT2D eigenvalue weighted by atomic mass is 10.1. The summed E-state index contributed by atoms with van der Waals surface area (Å²) < 4.78 is 43.1. The van der Waals surface area contributed by atoms with Gasteiger partial charge in [0.05, 0.1) is 6.61 Å². The average molecular weight is 306 g/mol. The fourth-order valence-electron chi connectivity index (χ4n) is 1.77. The molecule has 120 valence electrons. The number of nitrogen functional groups attached to an aromatic ring is 1. The summed E-state index contributed by atoms with van der Waals surface area (Å²) in [6.45, 7) is 2.46. The Labute approximate surface area is 122 Å². The topological polar surface area (TPSA) is 73.1 Å². The number of ether oxygens (including phenoxy) is 1. The number of halogens is 3. The lowest BCUT2D eigenvalue weighted by Crippen LogP contribution is -2.16. The number of alkyl halides is 3. The van der Waals surface area contributed by atoms with E-state index < -0.39 is 11.9 Å². The van der Waals surface area contributed by atoms with Crippen LogP contribution in [-0.2, 0) is 6.18 Å². The molecule has 0 atom stereocenters. The summed E-state index contributed by atoms with van der Waals surface area (Å²) >= 11 is 0. The van der Waals surface area contributed by atoms with E-state index in [2.05, 4.69) is 16.9 Å². The quantitative estimate of drug-likeness (QED) is 0.415. The molecular formula is C13H21F3N4O. The molecule has 1 aromatic heterocycles. The molecule has 5 nitrogen and oxygen atoms in total. The van der Waals surface area contributed by atoms with E-state index in [4.69, 9.17) is 10.6 Å². The second-order valence-electron chi connectivity index (χ2n) is 4.67. The van der Waals surface area contributed by atoms with Crippen LogP contribution in [0, 0.1) is 0 Å². The van der Waals surface area contributed by atoms with Gasteiger partial charge < -0.3 is 4.74 Å². The Kier molecular flexibility index (Phi) is 7.21. The minimum Gasteiger partial charge on any atom is -0.478 e. The lowest BCUT2D eigenvalue weighted by Gasteiger charge is -2.10. The molecule has 0 bridgehead atoms. The van der Waals surface area contributed by atoms with E-state index in [9.17, 15) is 13.2 Å². The van der Waals surface area contributed by atoms with Gasteiger partial charge in [0.1, 0.15) is 0 Å². The van der Waals surface area contributed by atoms with E-state index in [0.717, 1.165) is 25.3 Å². The lowest BCUT2D eigenvalue weighted by molar-refractivity contribution is -0.141. The van der Waals surface area contributed by atoms with Gasteiger partial charge >= 0.3 is 6.18 Å². The monoisotopic (exact) mass is 306 g/mol. The van der Waals surface area contributed by atoms with Crippen molar-refractivity contribution in [1.29, 1.82) is 0 Å². The minimum absolute atomic E-state index is 0.126. The highest BCUT2D eigenvalue weighted by Crippen LogP contribution is 2.30. The van der Waals surface area contributed by atoms with Gasteiger partial charge in [-0.15, -0.1) is 0 Å². The summed E-state index contributed by atoms with van der Waals surface area (Å²) in [5.41, 5.74) is 0.922. The van der Waals surface area contributed by atoms with Crippen LogP contribution in [0.4, 0.5) is 19.1 Å². The number of hydrogen-bond acceptors (Lipinski definition) is 5. The largest absolute Gasteiger partial charge is 0.478 e. The number of anilines is 1. The Hall–Kier alpha value is -1.57. The van der Waals surface area contributed by atoms with Crippen molar-refractivity contribution < 1.29 is 17.9 Å². The first-order valence-corrected chi connectivity index (χ1v) is 7.03. The summed E-state index contributed by atoms with van der Waals surface area (Å²) in [7, 11) is 0. The van der Waals surface area contributed by atoms with Crippen molar-refractivity contribution in [3.05, 3.63) is 11.8 Å². The van der Waals surface area contributed by atoms with Gasteiger partial charge in [0.2, 0.25) is 11.8 Å². The van der Waals surface area contributed by atoms with E-state index >= 15 is 0 Å². The highest BCUT2D eigenvalue weighted by molar-refractivity contribution is 5.30. The highest BCUT2D eigenvalue weighted by Gasteiger charge is 2.34. The summed E-state index contributed by atoms with van der Waals surface area (Å²) in [6.07, 6.45) is 1.85. The first kappa shape index (κ1) is 17.5. The van der Waals surface area contributed by atoms with Crippen molar-refractivity contribution in [3.63, 3.8) is 0 Å². The smallest absolute Gasteiger partial charge is 0.433 e. The van der Waals surface area contributed by atoms with Crippen LogP contribution in [0.3, 0.4) is 0 Å². The van der Waals surface area contributed by atoms with Crippen LogP contribution in [0.5, 0.6) is 5.88 Å². The van der Waals surface area contributed by atoms with Crippen molar-refractivity contribution in [2.45, 2.75) is 51.6 Å². The SMILES string of the molecule is CCCCCCCCOc1cc(C(F)(F)F)nc(NN)n1. The van der Waals surface area contributed by atoms with E-state index in [-0.39, 0.29) is 11.8 Å². The van der Waals surface area contributed by atoms with Gasteiger partial charge in [0, 0.05) is 6.07 Å². The Morgan fingerprint density at radius 2 is 1.81 bits per heavy atom. The van der Waals surface area contributed by atoms with E-state index in [1.807, 2.05) is 5.43 Å². The van der Waals surface area contributed by atoms with Gasteiger partial charge in [0.15, 0.2) is 5.69 Å². The van der Waals surface area contributed by atoms with E-state index in [1.54, 1.807) is 0 Å². The van der Waals surface area contributed by atoms with Crippen molar-refractivity contribution in [1.82, 2.24) is 9.97 Å². The molecule has 0 spiro atoms. The van der Waals surface area contributed by atoms with E-state index in [0.29, 0.717) is 6.61 Å². The predicted octanol–water partition coefficient (Wildman–Crippen LogP) is 3.52. The number of aromatic nitrogens is 2. The molecule has 0 aliphatic carbocycles. The molecule has 0 aliphatic rings. The van der Waals surface area contributed by atoms with Crippen LogP contribution in [0.2, 0.25) is 0 Å². The maximum atomic E-state index is 12.6. The fraction of sp³-hybridized carbons (Fsp3) is 0.692. The first-order chi connectivity index (χ1) is 9.97. The number of nitrogens with one attached hydrogen (secondary N) is 1. The number of hydrazine groups is 1. The van der Waals surface area contributed by atoms with Gasteiger partial charge in [-0.05, 0) is 6.42 Å². The standard InChI is InChI=1S/C13H21F3N4O/c1-2-3-4-5-6-7-8-21-11-9-10(13(14,15)16)18-12(19-11)20-17/h9H,2-8,17H2,1H3,(H,18,19,20). The Balaban J connectivity index is 2.47. The Bertz CT molecular complexity index is 426. The van der Waals surface area contributed by atoms with Crippen molar-refractivity contribution in [3.8, 4) is 5.88 Å². The molecule has 0 aromatic carbocycles. The summed E-state index contributed by atoms with van der Waals surface area (Å²) in [5.74, 6) is 4.61. The number of nitrogens with zero attached hydrogens (tertiary/aromatic N) is 2. The fourth-order valence-corrected chi connectivity index (χ4v) is 1.77. The van der Waals surface area contributed by atoms with Crippen LogP contribution >= 0.6 is 0 Å². The molecule has 1 rings (SSSR count). The van der Waals surface area contributed by atoms with Crippen molar-refractivity contribution in [2.75, 3.05) is 12.0 Å². The van der Waals surface area contributed by atoms with Gasteiger partial charge in [-0.1, -0.05) is 39.0 Å². The number of rotatable bonds is 9. The number of unbranched alkanes of at least 4 members (excludes halogenated alkanes) is 5. The molecule has 0 fully saturated rings. The zero-order valence-corrected chi connectivity index (χ0v) is 12.0. The maximum Gasteiger partial charge on any atom is 0.433 e. The van der Waals surface area contributed by atoms with Crippen LogP contribution in [0.1, 0.15) is 51.1 Å². The van der Waals surface area contributed by atoms with E-state index in [1.165, 1.54) is 19.3 Å². The third-order valence-electron chi connectivity index (χ3n) is 2.87. The van der Waals surface area contributed by atoms with Crippen LogP contribution in [-0.4, -0.2) is 16.6 Å². The molecule has 21 heavy (non-hydrogen) atoms. The molecule has 0 saturated heterocycles. The normalized spacial score (nSPS) is 11.5. The third-order valence-corrected chi connectivity index (χ3v) is 2.87. The molecule has 3 N–H and O–H groups in total. The van der Waals surface area contributed by atoms with Gasteiger partial charge in [0.25, 0.3) is 0 Å². The molecule has 0 amide bonds. The van der Waals surface area contributed by atoms with Gasteiger partial charge in [-0.3, -0.25) is 5.43 Å². The Morgan fingerprint density at radius 1 is 1.14 bits per heavy atom. The minimum atomic E-state index is -4.56. The first-order valence-electron chi connectivity index (χ1n) is 7.03. The summed E-state index contributed by atoms with van der Waals surface area (Å²) in [4.78, 5) is 6.99. The Morgan fingerprint density at radius 3 is 2.43 bits per heavy atom. The van der Waals surface area contributed by atoms with Crippen molar-refractivity contribution >= 4 is 5.95 Å². The van der Waals surface area contributed by atoms with Gasteiger partial charge in [-0.2, -0.15) is 18.2 Å². The summed E-state index contributed by atoms with van der Waals surface area (Å²) in [5, 5.41) is 0. The van der Waals surface area contributed by atoms with Crippen LogP contribution in [0.25, 0.3) is 0 Å². The molecule has 8 heteroatoms. The third kappa shape index (κ3) is 6.61. The number of nitrogens with two attached hydrogens (primary N) is 1. The highest BCUT2D eigenvalue weighted by atomic mass is 19.4. The second kappa shape index (κ2) is 8.66. The molecule has 0 unspecified atom stereocenters. The molecule has 1 aromatic rings. The maximum absolute atomic E-state index is 12.6. The molecule has 0 saturated carbocycles. The second-order valence-corrected chi connectivity index (χ2v) is 4.67. The number of hydrogen-bond donors (Lipinski definition) is 2. The molecule has 1 heterocycles. The zero-order chi connectivity index (χ0) is 15.7. The van der Waals surface area contributed by atoms with Crippen LogP contribution in [0.15, 0.2) is 6.07 Å². The molecule has 0 aliphatic heterocycles. The van der Waals surface area contributed by atoms with Crippen molar-refractivity contribution in [2.24, 2.45) is 5.84 Å². The molecular weight excluding hydrogens is 285 g/mol. The van der Waals surface area contributed by atoms with Crippen LogP contribution < -0.4 is 16.0 Å². The van der Waals surface area contributed by atoms with Gasteiger partial charge in [-0.25, -0.2) is 10.8 Å².